The summed E-state index contributed by atoms with van der Waals surface area (Å²) in [7, 11) is -3.74. The molecule has 0 radical (unpaired) electrons. The van der Waals surface area contributed by atoms with Crippen LogP contribution in [0.2, 0.25) is 0 Å². The molecule has 122 valence electrons. The Kier molecular flexibility index (Phi) is 4.15. The predicted molar refractivity (Wildman–Crippen MR) is 89.5 cm³/mol. The van der Waals surface area contributed by atoms with Gasteiger partial charge in [0.15, 0.2) is 11.9 Å². The lowest BCUT2D eigenvalue weighted by atomic mass is 10.3. The van der Waals surface area contributed by atoms with Crippen molar-refractivity contribution in [2.24, 2.45) is 5.14 Å². The molecule has 24 heavy (non-hydrogen) atoms. The standard InChI is InChI=1S/C16H13N3O4S/c17-24(21,22)13-7-5-12(6-8-13)18-9-11(10-20)16-19-14-3-1-2-4-15(14)23-16/h1-10,18H,(H2,17,21,22)/b11-9-. The van der Waals surface area contributed by atoms with E-state index in [1.807, 2.05) is 12.1 Å². The SMILES string of the molecule is NS(=O)(=O)c1ccc(N/C=C(/C=O)c2nc3ccccc3o2)cc1. The van der Waals surface area contributed by atoms with Crippen molar-refractivity contribution in [3.8, 4) is 0 Å². The van der Waals surface area contributed by atoms with Crippen LogP contribution in [0.1, 0.15) is 5.89 Å². The number of para-hydroxylation sites is 2. The van der Waals surface area contributed by atoms with Crippen molar-refractivity contribution < 1.29 is 17.6 Å². The molecule has 0 saturated heterocycles. The zero-order valence-corrected chi connectivity index (χ0v) is 13.2. The number of nitrogens with two attached hydrogens (primary N) is 1. The second kappa shape index (κ2) is 6.26. The predicted octanol–water partition coefficient (Wildman–Crippen LogP) is 2.13. The Bertz CT molecular complexity index is 988. The van der Waals surface area contributed by atoms with Crippen LogP contribution < -0.4 is 10.5 Å². The Labute approximate surface area is 137 Å². The van der Waals surface area contributed by atoms with Gasteiger partial charge >= 0.3 is 0 Å². The first-order chi connectivity index (χ1) is 11.5. The van der Waals surface area contributed by atoms with Crippen molar-refractivity contribution in [1.29, 1.82) is 0 Å². The summed E-state index contributed by atoms with van der Waals surface area (Å²) in [6, 6.07) is 13.0. The molecule has 0 amide bonds. The average molecular weight is 343 g/mol. The third-order valence-electron chi connectivity index (χ3n) is 3.24. The summed E-state index contributed by atoms with van der Waals surface area (Å²) < 4.78 is 27.9. The lowest BCUT2D eigenvalue weighted by Gasteiger charge is -2.03. The van der Waals surface area contributed by atoms with Crippen molar-refractivity contribution in [2.75, 3.05) is 5.32 Å². The summed E-state index contributed by atoms with van der Waals surface area (Å²) in [6.07, 6.45) is 2.06. The summed E-state index contributed by atoms with van der Waals surface area (Å²) in [5.41, 5.74) is 2.04. The van der Waals surface area contributed by atoms with E-state index in [4.69, 9.17) is 9.56 Å². The van der Waals surface area contributed by atoms with Gasteiger partial charge in [0.2, 0.25) is 15.9 Å². The Morgan fingerprint density at radius 2 is 1.83 bits per heavy atom. The number of aromatic nitrogens is 1. The van der Waals surface area contributed by atoms with E-state index in [1.54, 1.807) is 12.1 Å². The van der Waals surface area contributed by atoms with Gasteiger partial charge in [-0.2, -0.15) is 0 Å². The minimum Gasteiger partial charge on any atom is -0.436 e. The van der Waals surface area contributed by atoms with Crippen LogP contribution >= 0.6 is 0 Å². The molecule has 3 aromatic rings. The van der Waals surface area contributed by atoms with E-state index in [9.17, 15) is 13.2 Å². The first-order valence-electron chi connectivity index (χ1n) is 6.88. The van der Waals surface area contributed by atoms with Crippen LogP contribution in [0.4, 0.5) is 5.69 Å². The monoisotopic (exact) mass is 343 g/mol. The molecule has 0 saturated carbocycles. The average Bonchev–Trinajstić information content (AvgIpc) is 2.99. The maximum atomic E-state index is 11.3. The number of nitrogens with zero attached hydrogens (tertiary/aromatic N) is 1. The number of anilines is 1. The number of aldehydes is 1. The molecule has 0 bridgehead atoms. The summed E-state index contributed by atoms with van der Waals surface area (Å²) in [5.74, 6) is 0.194. The Morgan fingerprint density at radius 3 is 2.46 bits per heavy atom. The van der Waals surface area contributed by atoms with E-state index < -0.39 is 10.0 Å². The molecule has 8 heteroatoms. The molecule has 3 N–H and O–H groups in total. The second-order valence-electron chi connectivity index (χ2n) is 4.92. The summed E-state index contributed by atoms with van der Waals surface area (Å²) in [6.45, 7) is 0. The lowest BCUT2D eigenvalue weighted by Crippen LogP contribution is -2.11. The largest absolute Gasteiger partial charge is 0.436 e. The highest BCUT2D eigenvalue weighted by Crippen LogP contribution is 2.20. The molecular weight excluding hydrogens is 330 g/mol. The van der Waals surface area contributed by atoms with Crippen LogP contribution in [0, 0.1) is 0 Å². The number of benzene rings is 2. The second-order valence-corrected chi connectivity index (χ2v) is 6.48. The van der Waals surface area contributed by atoms with Gasteiger partial charge in [-0.15, -0.1) is 0 Å². The highest BCUT2D eigenvalue weighted by molar-refractivity contribution is 7.89. The van der Waals surface area contributed by atoms with Crippen LogP contribution in [-0.4, -0.2) is 19.7 Å². The number of sulfonamides is 1. The van der Waals surface area contributed by atoms with E-state index in [-0.39, 0.29) is 16.4 Å². The summed E-state index contributed by atoms with van der Waals surface area (Å²) in [5, 5.41) is 7.92. The Hall–Kier alpha value is -2.97. The van der Waals surface area contributed by atoms with Gasteiger partial charge in [0.25, 0.3) is 0 Å². The van der Waals surface area contributed by atoms with Crippen molar-refractivity contribution in [1.82, 2.24) is 4.98 Å². The molecule has 1 heterocycles. The van der Waals surface area contributed by atoms with Gasteiger partial charge in [0, 0.05) is 11.9 Å². The number of oxazole rings is 1. The van der Waals surface area contributed by atoms with Crippen LogP contribution in [0.3, 0.4) is 0 Å². The first-order valence-corrected chi connectivity index (χ1v) is 8.43. The van der Waals surface area contributed by atoms with Gasteiger partial charge in [-0.05, 0) is 36.4 Å². The number of hydrogen-bond donors (Lipinski definition) is 2. The van der Waals surface area contributed by atoms with Crippen LogP contribution in [0.5, 0.6) is 0 Å². The molecule has 7 nitrogen and oxygen atoms in total. The molecule has 0 unspecified atom stereocenters. The van der Waals surface area contributed by atoms with E-state index >= 15 is 0 Å². The molecule has 0 spiro atoms. The number of hydrogen-bond acceptors (Lipinski definition) is 6. The number of carbonyl (C=O) groups excluding carboxylic acids is 1. The normalized spacial score (nSPS) is 12.3. The van der Waals surface area contributed by atoms with Gasteiger partial charge in [-0.3, -0.25) is 4.79 Å². The van der Waals surface area contributed by atoms with Gasteiger partial charge in [-0.25, -0.2) is 18.5 Å². The molecule has 0 aliphatic heterocycles. The highest BCUT2D eigenvalue weighted by Gasteiger charge is 2.10. The topological polar surface area (TPSA) is 115 Å². The fraction of sp³-hybridized carbons (Fsp3) is 0. The molecule has 0 atom stereocenters. The van der Waals surface area contributed by atoms with E-state index in [2.05, 4.69) is 10.3 Å². The molecule has 1 aromatic heterocycles. The van der Waals surface area contributed by atoms with Crippen molar-refractivity contribution in [3.63, 3.8) is 0 Å². The number of allylic oxidation sites excluding steroid dienone is 1. The Morgan fingerprint density at radius 1 is 1.12 bits per heavy atom. The van der Waals surface area contributed by atoms with Crippen molar-refractivity contribution in [3.05, 3.63) is 60.6 Å². The zero-order valence-electron chi connectivity index (χ0n) is 12.3. The lowest BCUT2D eigenvalue weighted by molar-refractivity contribution is -0.103. The summed E-state index contributed by atoms with van der Waals surface area (Å²) in [4.78, 5) is 15.5. The zero-order chi connectivity index (χ0) is 17.2. The van der Waals surface area contributed by atoms with Gasteiger partial charge in [-0.1, -0.05) is 12.1 Å². The third kappa shape index (κ3) is 3.34. The van der Waals surface area contributed by atoms with Gasteiger partial charge in [0.05, 0.1) is 10.5 Å². The van der Waals surface area contributed by atoms with Gasteiger partial charge in [0.1, 0.15) is 5.52 Å². The molecule has 0 aliphatic carbocycles. The molecular formula is C16H13N3O4S. The van der Waals surface area contributed by atoms with Crippen LogP contribution in [-0.2, 0) is 14.8 Å². The Balaban J connectivity index is 1.84. The van der Waals surface area contributed by atoms with Crippen molar-refractivity contribution in [2.45, 2.75) is 4.90 Å². The summed E-state index contributed by atoms with van der Waals surface area (Å²) >= 11 is 0. The minimum atomic E-state index is -3.74. The van der Waals surface area contributed by atoms with E-state index in [1.165, 1.54) is 30.5 Å². The van der Waals surface area contributed by atoms with Crippen molar-refractivity contribution >= 4 is 38.7 Å². The van der Waals surface area contributed by atoms with E-state index in [0.717, 1.165) is 0 Å². The number of nitrogens with one attached hydrogen (secondary N) is 1. The molecule has 2 aromatic carbocycles. The quantitative estimate of drug-likeness (QED) is 0.541. The number of fused-ring (bicyclic) bond motifs is 1. The fourth-order valence-corrected chi connectivity index (χ4v) is 2.56. The first kappa shape index (κ1) is 15.9. The number of carbonyl (C=O) groups is 1. The fourth-order valence-electron chi connectivity index (χ4n) is 2.04. The maximum absolute atomic E-state index is 11.3. The van der Waals surface area contributed by atoms with E-state index in [0.29, 0.717) is 23.1 Å². The third-order valence-corrected chi connectivity index (χ3v) is 4.17. The molecule has 3 rings (SSSR count). The number of primary sulfonamides is 1. The smallest absolute Gasteiger partial charge is 0.238 e. The minimum absolute atomic E-state index is 0.00610. The van der Waals surface area contributed by atoms with Gasteiger partial charge < -0.3 is 9.73 Å². The van der Waals surface area contributed by atoms with Crippen LogP contribution in [0.15, 0.2) is 64.0 Å². The maximum Gasteiger partial charge on any atom is 0.238 e. The molecule has 0 aliphatic rings. The number of rotatable bonds is 5. The highest BCUT2D eigenvalue weighted by atomic mass is 32.2. The molecule has 0 fully saturated rings. The van der Waals surface area contributed by atoms with Crippen LogP contribution in [0.25, 0.3) is 16.7 Å².